The topological polar surface area (TPSA) is 0 Å². The second-order valence-corrected chi connectivity index (χ2v) is 4.13. The minimum Gasteiger partial charge on any atom is -0.207 e. The van der Waals surface area contributed by atoms with Crippen LogP contribution in [0.25, 0.3) is 11.1 Å². The summed E-state index contributed by atoms with van der Waals surface area (Å²) in [6, 6.07) is 3.99. The molecule has 0 fully saturated rings. The van der Waals surface area contributed by atoms with Gasteiger partial charge in [0.2, 0.25) is 0 Å². The van der Waals surface area contributed by atoms with Gasteiger partial charge in [0.15, 0.2) is 0 Å². The van der Waals surface area contributed by atoms with E-state index in [2.05, 4.69) is 0 Å². The lowest BCUT2D eigenvalue weighted by molar-refractivity contribution is 0.567. The molecule has 0 saturated carbocycles. The van der Waals surface area contributed by atoms with E-state index in [1.807, 2.05) is 0 Å². The smallest absolute Gasteiger partial charge is 0.136 e. The van der Waals surface area contributed by atoms with Crippen LogP contribution in [0.4, 0.5) is 17.6 Å². The van der Waals surface area contributed by atoms with Crippen molar-refractivity contribution < 1.29 is 17.6 Å². The predicted octanol–water partition coefficient (Wildman–Crippen LogP) is 4.53. The first-order valence-electron chi connectivity index (χ1n) is 5.32. The minimum absolute atomic E-state index is 0.149. The summed E-state index contributed by atoms with van der Waals surface area (Å²) in [5.74, 6) is -3.45. The molecule has 94 valence electrons. The van der Waals surface area contributed by atoms with Gasteiger partial charge in [-0.2, -0.15) is 0 Å². The molecule has 0 aliphatic rings. The van der Waals surface area contributed by atoms with Gasteiger partial charge in [0.05, 0.1) is 5.56 Å². The lowest BCUT2D eigenvalue weighted by atomic mass is 9.97. The summed E-state index contributed by atoms with van der Waals surface area (Å²) in [5, 5.41) is 0. The van der Waals surface area contributed by atoms with Crippen LogP contribution >= 0.6 is 0 Å². The standard InChI is InChI=1S/C14H10F4/c1-7-3-4-10(16)13(14(7)18)12-8(2)5-9(15)6-11(12)17/h3-6H,1-2H3. The molecule has 0 N–H and O–H groups in total. The molecule has 2 aromatic carbocycles. The molecule has 0 heterocycles. The summed E-state index contributed by atoms with van der Waals surface area (Å²) in [5.41, 5.74) is -0.342. The second-order valence-electron chi connectivity index (χ2n) is 4.13. The van der Waals surface area contributed by atoms with Crippen LogP contribution in [0.5, 0.6) is 0 Å². The third kappa shape index (κ3) is 1.98. The molecule has 0 aromatic heterocycles. The second kappa shape index (κ2) is 4.44. The van der Waals surface area contributed by atoms with E-state index in [1.165, 1.54) is 19.9 Å². The number of rotatable bonds is 1. The number of hydrogen-bond donors (Lipinski definition) is 0. The van der Waals surface area contributed by atoms with Gasteiger partial charge in [-0.05, 0) is 37.1 Å². The molecule has 2 rings (SSSR count). The highest BCUT2D eigenvalue weighted by Crippen LogP contribution is 2.33. The molecule has 0 aliphatic carbocycles. The molecule has 4 heteroatoms. The lowest BCUT2D eigenvalue weighted by Gasteiger charge is -2.11. The zero-order chi connectivity index (χ0) is 13.4. The van der Waals surface area contributed by atoms with Crippen molar-refractivity contribution in [1.82, 2.24) is 0 Å². The SMILES string of the molecule is Cc1ccc(F)c(-c2c(C)cc(F)cc2F)c1F. The first-order valence-corrected chi connectivity index (χ1v) is 5.32. The van der Waals surface area contributed by atoms with Crippen LogP contribution in [0, 0.1) is 37.1 Å². The van der Waals surface area contributed by atoms with Gasteiger partial charge in [-0.15, -0.1) is 0 Å². The first-order chi connectivity index (χ1) is 8.41. The van der Waals surface area contributed by atoms with Crippen LogP contribution in [0.3, 0.4) is 0 Å². The monoisotopic (exact) mass is 254 g/mol. The van der Waals surface area contributed by atoms with Crippen molar-refractivity contribution in [2.24, 2.45) is 0 Å². The Bertz CT molecular complexity index is 594. The van der Waals surface area contributed by atoms with E-state index in [0.29, 0.717) is 6.07 Å². The van der Waals surface area contributed by atoms with Gasteiger partial charge < -0.3 is 0 Å². The Kier molecular flexibility index (Phi) is 3.11. The maximum atomic E-state index is 13.9. The number of halogens is 4. The van der Waals surface area contributed by atoms with Gasteiger partial charge in [0, 0.05) is 11.6 Å². The Balaban J connectivity index is 2.81. The molecule has 2 aromatic rings. The fraction of sp³-hybridized carbons (Fsp3) is 0.143. The quantitative estimate of drug-likeness (QED) is 0.656. The fourth-order valence-corrected chi connectivity index (χ4v) is 1.90. The van der Waals surface area contributed by atoms with E-state index >= 15 is 0 Å². The maximum Gasteiger partial charge on any atom is 0.136 e. The van der Waals surface area contributed by atoms with Crippen LogP contribution < -0.4 is 0 Å². The van der Waals surface area contributed by atoms with Crippen LogP contribution in [0.1, 0.15) is 11.1 Å². The van der Waals surface area contributed by atoms with Crippen molar-refractivity contribution in [2.75, 3.05) is 0 Å². The summed E-state index contributed by atoms with van der Waals surface area (Å²) in [6.45, 7) is 2.86. The minimum atomic E-state index is -0.976. The van der Waals surface area contributed by atoms with E-state index in [9.17, 15) is 17.6 Å². The van der Waals surface area contributed by atoms with Crippen LogP contribution in [-0.2, 0) is 0 Å². The van der Waals surface area contributed by atoms with Gasteiger partial charge in [-0.3, -0.25) is 0 Å². The first kappa shape index (κ1) is 12.6. The molecule has 0 bridgehead atoms. The highest BCUT2D eigenvalue weighted by molar-refractivity contribution is 5.69. The van der Waals surface area contributed by atoms with Gasteiger partial charge in [0.25, 0.3) is 0 Å². The summed E-state index contributed by atoms with van der Waals surface area (Å²) in [7, 11) is 0. The van der Waals surface area contributed by atoms with Crippen LogP contribution in [-0.4, -0.2) is 0 Å². The predicted molar refractivity (Wildman–Crippen MR) is 61.2 cm³/mol. The summed E-state index contributed by atoms with van der Waals surface area (Å²) < 4.78 is 54.3. The van der Waals surface area contributed by atoms with Gasteiger partial charge in [-0.25, -0.2) is 17.6 Å². The Morgan fingerprint density at radius 3 is 2.00 bits per heavy atom. The molecule has 18 heavy (non-hydrogen) atoms. The highest BCUT2D eigenvalue weighted by atomic mass is 19.1. The molecular formula is C14H10F4. The van der Waals surface area contributed by atoms with Crippen LogP contribution in [0.2, 0.25) is 0 Å². The normalized spacial score (nSPS) is 10.8. The van der Waals surface area contributed by atoms with Crippen molar-refractivity contribution in [2.45, 2.75) is 13.8 Å². The Morgan fingerprint density at radius 2 is 1.39 bits per heavy atom. The third-order valence-electron chi connectivity index (χ3n) is 2.79. The van der Waals surface area contributed by atoms with Gasteiger partial charge in [-0.1, -0.05) is 6.07 Å². The molecule has 0 amide bonds. The molecule has 0 aliphatic heterocycles. The number of benzene rings is 2. The Hall–Kier alpha value is -1.84. The zero-order valence-electron chi connectivity index (χ0n) is 9.82. The highest BCUT2D eigenvalue weighted by Gasteiger charge is 2.19. The number of hydrogen-bond acceptors (Lipinski definition) is 0. The molecule has 0 unspecified atom stereocenters. The molecule has 0 spiro atoms. The molecule has 0 radical (unpaired) electrons. The average Bonchev–Trinajstić information content (AvgIpc) is 2.27. The van der Waals surface area contributed by atoms with E-state index < -0.39 is 28.8 Å². The maximum absolute atomic E-state index is 13.9. The largest absolute Gasteiger partial charge is 0.207 e. The van der Waals surface area contributed by atoms with E-state index in [-0.39, 0.29) is 16.7 Å². The summed E-state index contributed by atoms with van der Waals surface area (Å²) in [6.07, 6.45) is 0. The van der Waals surface area contributed by atoms with Crippen molar-refractivity contribution in [3.63, 3.8) is 0 Å². The van der Waals surface area contributed by atoms with E-state index in [4.69, 9.17) is 0 Å². The average molecular weight is 254 g/mol. The van der Waals surface area contributed by atoms with Crippen molar-refractivity contribution in [1.29, 1.82) is 0 Å². The van der Waals surface area contributed by atoms with Crippen molar-refractivity contribution in [3.05, 3.63) is 58.7 Å². The van der Waals surface area contributed by atoms with Gasteiger partial charge in [0.1, 0.15) is 23.3 Å². The van der Waals surface area contributed by atoms with E-state index in [1.54, 1.807) is 0 Å². The summed E-state index contributed by atoms with van der Waals surface area (Å²) in [4.78, 5) is 0. The zero-order valence-corrected chi connectivity index (χ0v) is 9.82. The Morgan fingerprint density at radius 1 is 0.722 bits per heavy atom. The third-order valence-corrected chi connectivity index (χ3v) is 2.79. The number of aryl methyl sites for hydroxylation is 2. The molecule has 0 nitrogen and oxygen atoms in total. The van der Waals surface area contributed by atoms with Gasteiger partial charge >= 0.3 is 0 Å². The molecule has 0 saturated heterocycles. The fourth-order valence-electron chi connectivity index (χ4n) is 1.90. The molecular weight excluding hydrogens is 244 g/mol. The Labute approximate surface area is 102 Å². The van der Waals surface area contributed by atoms with Crippen molar-refractivity contribution >= 4 is 0 Å². The van der Waals surface area contributed by atoms with E-state index in [0.717, 1.165) is 12.1 Å². The summed E-state index contributed by atoms with van der Waals surface area (Å²) >= 11 is 0. The van der Waals surface area contributed by atoms with Crippen LogP contribution in [0.15, 0.2) is 24.3 Å². The van der Waals surface area contributed by atoms with Crippen molar-refractivity contribution in [3.8, 4) is 11.1 Å². The molecule has 0 atom stereocenters. The lowest BCUT2D eigenvalue weighted by Crippen LogP contribution is -1.99.